The average molecular weight is 389 g/mol. The molecule has 0 spiro atoms. The Morgan fingerprint density at radius 2 is 1.59 bits per heavy atom. The molecule has 0 saturated carbocycles. The molecule has 1 atom stereocenters. The standard InChI is InChI=1S/C24H24FN3O/c25-22-11-4-5-12-23(22)27-14-16-28(17-15-27)24(29)21(19-8-2-1-3-9-19)18-20-10-6-7-13-26-20/h1-13,21H,14-18H2. The number of nitrogens with zero attached hydrogens (tertiary/aromatic N) is 3. The molecule has 1 amide bonds. The van der Waals surface area contributed by atoms with E-state index >= 15 is 0 Å². The van der Waals surface area contributed by atoms with Crippen LogP contribution < -0.4 is 4.90 Å². The van der Waals surface area contributed by atoms with E-state index in [1.165, 1.54) is 6.07 Å². The van der Waals surface area contributed by atoms with E-state index in [9.17, 15) is 9.18 Å². The second-order valence-electron chi connectivity index (χ2n) is 7.25. The van der Waals surface area contributed by atoms with Gasteiger partial charge in [0.05, 0.1) is 11.6 Å². The first-order valence-electron chi connectivity index (χ1n) is 9.95. The van der Waals surface area contributed by atoms with Gasteiger partial charge in [0.25, 0.3) is 0 Å². The molecule has 0 bridgehead atoms. The number of hydrogen-bond donors (Lipinski definition) is 0. The number of anilines is 1. The Hall–Kier alpha value is -3.21. The van der Waals surface area contributed by atoms with Crippen LogP contribution in [0.2, 0.25) is 0 Å². The van der Waals surface area contributed by atoms with Gasteiger partial charge in [-0.15, -0.1) is 0 Å². The number of rotatable bonds is 5. The smallest absolute Gasteiger partial charge is 0.230 e. The number of aromatic nitrogens is 1. The van der Waals surface area contributed by atoms with E-state index in [4.69, 9.17) is 0 Å². The van der Waals surface area contributed by atoms with E-state index in [1.54, 1.807) is 18.3 Å². The van der Waals surface area contributed by atoms with Gasteiger partial charge in [-0.05, 0) is 29.8 Å². The van der Waals surface area contributed by atoms with Gasteiger partial charge in [0.1, 0.15) is 5.82 Å². The molecular formula is C24H24FN3O. The summed E-state index contributed by atoms with van der Waals surface area (Å²) in [6.45, 7) is 2.41. The first kappa shape index (κ1) is 19.1. The Bertz CT molecular complexity index is 941. The Kier molecular flexibility index (Phi) is 5.84. The topological polar surface area (TPSA) is 36.4 Å². The highest BCUT2D eigenvalue weighted by Crippen LogP contribution is 2.25. The number of para-hydroxylation sites is 1. The van der Waals surface area contributed by atoms with Crippen molar-refractivity contribution in [3.8, 4) is 0 Å². The van der Waals surface area contributed by atoms with Crippen molar-refractivity contribution in [3.05, 3.63) is 96.1 Å². The molecule has 5 heteroatoms. The summed E-state index contributed by atoms with van der Waals surface area (Å²) in [5, 5.41) is 0. The van der Waals surface area contributed by atoms with Crippen LogP contribution in [0.1, 0.15) is 17.2 Å². The zero-order chi connectivity index (χ0) is 20.1. The molecule has 148 valence electrons. The summed E-state index contributed by atoms with van der Waals surface area (Å²) in [5.74, 6) is -0.384. The minimum absolute atomic E-state index is 0.107. The Morgan fingerprint density at radius 1 is 0.897 bits per heavy atom. The molecule has 29 heavy (non-hydrogen) atoms. The fourth-order valence-corrected chi connectivity index (χ4v) is 3.86. The summed E-state index contributed by atoms with van der Waals surface area (Å²) in [6.07, 6.45) is 2.33. The molecule has 1 aliphatic heterocycles. The van der Waals surface area contributed by atoms with Crippen LogP contribution in [0.5, 0.6) is 0 Å². The van der Waals surface area contributed by atoms with Crippen molar-refractivity contribution < 1.29 is 9.18 Å². The van der Waals surface area contributed by atoms with Gasteiger partial charge < -0.3 is 9.80 Å². The van der Waals surface area contributed by atoms with Crippen molar-refractivity contribution in [2.24, 2.45) is 0 Å². The van der Waals surface area contributed by atoms with Gasteiger partial charge in [-0.1, -0.05) is 48.5 Å². The molecule has 1 unspecified atom stereocenters. The number of pyridine rings is 1. The van der Waals surface area contributed by atoms with Crippen LogP contribution in [0, 0.1) is 5.82 Å². The highest BCUT2D eigenvalue weighted by molar-refractivity contribution is 5.84. The van der Waals surface area contributed by atoms with Gasteiger partial charge in [-0.25, -0.2) is 4.39 Å². The summed E-state index contributed by atoms with van der Waals surface area (Å²) in [4.78, 5) is 21.7. The summed E-state index contributed by atoms with van der Waals surface area (Å²) in [5.41, 5.74) is 2.51. The lowest BCUT2D eigenvalue weighted by atomic mass is 9.92. The zero-order valence-electron chi connectivity index (χ0n) is 16.2. The summed E-state index contributed by atoms with van der Waals surface area (Å²) >= 11 is 0. The number of benzene rings is 2. The molecular weight excluding hydrogens is 365 g/mol. The maximum atomic E-state index is 14.1. The fraction of sp³-hybridized carbons (Fsp3) is 0.250. The summed E-state index contributed by atoms with van der Waals surface area (Å²) in [6, 6.07) is 22.5. The number of hydrogen-bond acceptors (Lipinski definition) is 3. The Balaban J connectivity index is 1.49. The van der Waals surface area contributed by atoms with Crippen LogP contribution in [0.3, 0.4) is 0 Å². The second kappa shape index (κ2) is 8.86. The summed E-state index contributed by atoms with van der Waals surface area (Å²) < 4.78 is 14.1. The quantitative estimate of drug-likeness (QED) is 0.664. The fourth-order valence-electron chi connectivity index (χ4n) is 3.86. The molecule has 1 saturated heterocycles. The first-order valence-corrected chi connectivity index (χ1v) is 9.95. The highest BCUT2D eigenvalue weighted by atomic mass is 19.1. The number of carbonyl (C=O) groups excluding carboxylic acids is 1. The summed E-state index contributed by atoms with van der Waals surface area (Å²) in [7, 11) is 0. The van der Waals surface area contributed by atoms with Crippen LogP contribution in [-0.4, -0.2) is 42.0 Å². The lowest BCUT2D eigenvalue weighted by molar-refractivity contribution is -0.133. The predicted molar refractivity (Wildman–Crippen MR) is 112 cm³/mol. The monoisotopic (exact) mass is 389 g/mol. The molecule has 1 aromatic heterocycles. The van der Waals surface area contributed by atoms with Crippen molar-refractivity contribution in [2.45, 2.75) is 12.3 Å². The van der Waals surface area contributed by atoms with Gasteiger partial charge in [-0.3, -0.25) is 9.78 Å². The van der Waals surface area contributed by atoms with Crippen LogP contribution in [0.25, 0.3) is 0 Å². The molecule has 2 heterocycles. The predicted octanol–water partition coefficient (Wildman–Crippen LogP) is 3.90. The zero-order valence-corrected chi connectivity index (χ0v) is 16.2. The van der Waals surface area contributed by atoms with Crippen molar-refractivity contribution in [3.63, 3.8) is 0 Å². The van der Waals surface area contributed by atoms with Gasteiger partial charge >= 0.3 is 0 Å². The Morgan fingerprint density at radius 3 is 2.28 bits per heavy atom. The number of halogens is 1. The molecule has 1 aliphatic rings. The van der Waals surface area contributed by atoms with Crippen LogP contribution in [-0.2, 0) is 11.2 Å². The molecule has 4 nitrogen and oxygen atoms in total. The maximum Gasteiger partial charge on any atom is 0.230 e. The first-order chi connectivity index (χ1) is 14.2. The van der Waals surface area contributed by atoms with E-state index in [2.05, 4.69) is 4.98 Å². The molecule has 0 aliphatic carbocycles. The molecule has 0 radical (unpaired) electrons. The van der Waals surface area contributed by atoms with Crippen molar-refractivity contribution >= 4 is 11.6 Å². The Labute approximate surface area is 170 Å². The third kappa shape index (κ3) is 4.45. The minimum Gasteiger partial charge on any atom is -0.366 e. The molecule has 4 rings (SSSR count). The van der Waals surface area contributed by atoms with Gasteiger partial charge in [0, 0.05) is 44.5 Å². The number of carbonyl (C=O) groups is 1. The van der Waals surface area contributed by atoms with E-state index < -0.39 is 0 Å². The van der Waals surface area contributed by atoms with Gasteiger partial charge in [-0.2, -0.15) is 0 Å². The second-order valence-corrected chi connectivity index (χ2v) is 7.25. The molecule has 2 aromatic carbocycles. The molecule has 0 N–H and O–H groups in total. The van der Waals surface area contributed by atoms with Crippen LogP contribution in [0.15, 0.2) is 79.0 Å². The van der Waals surface area contributed by atoms with Gasteiger partial charge in [0.2, 0.25) is 5.91 Å². The van der Waals surface area contributed by atoms with Crippen molar-refractivity contribution in [1.29, 1.82) is 0 Å². The third-order valence-electron chi connectivity index (χ3n) is 5.42. The van der Waals surface area contributed by atoms with E-state index in [0.29, 0.717) is 38.3 Å². The SMILES string of the molecule is O=C(C(Cc1ccccn1)c1ccccc1)N1CCN(c2ccccc2F)CC1. The normalized spacial score (nSPS) is 15.2. The highest BCUT2D eigenvalue weighted by Gasteiger charge is 2.29. The lowest BCUT2D eigenvalue weighted by Crippen LogP contribution is -2.50. The molecule has 1 fully saturated rings. The van der Waals surface area contributed by atoms with Gasteiger partial charge in [0.15, 0.2) is 0 Å². The van der Waals surface area contributed by atoms with Crippen LogP contribution >= 0.6 is 0 Å². The number of piperazine rings is 1. The minimum atomic E-state index is -0.272. The largest absolute Gasteiger partial charge is 0.366 e. The maximum absolute atomic E-state index is 14.1. The van der Waals surface area contributed by atoms with E-state index in [1.807, 2.05) is 64.4 Å². The number of amides is 1. The van der Waals surface area contributed by atoms with Crippen molar-refractivity contribution in [2.75, 3.05) is 31.1 Å². The third-order valence-corrected chi connectivity index (χ3v) is 5.42. The van der Waals surface area contributed by atoms with E-state index in [0.717, 1.165) is 11.3 Å². The molecule has 3 aromatic rings. The average Bonchev–Trinajstić information content (AvgIpc) is 2.79. The van der Waals surface area contributed by atoms with E-state index in [-0.39, 0.29) is 17.6 Å². The van der Waals surface area contributed by atoms with Crippen molar-refractivity contribution in [1.82, 2.24) is 9.88 Å². The lowest BCUT2D eigenvalue weighted by Gasteiger charge is -2.37. The van der Waals surface area contributed by atoms with Crippen LogP contribution in [0.4, 0.5) is 10.1 Å².